The second-order valence-corrected chi connectivity index (χ2v) is 10.5. The van der Waals surface area contributed by atoms with Crippen LogP contribution in [0.1, 0.15) is 46.1 Å². The Hall–Kier alpha value is -1.05. The van der Waals surface area contributed by atoms with Gasteiger partial charge in [-0.2, -0.15) is 5.06 Å². The van der Waals surface area contributed by atoms with Crippen LogP contribution in [-0.4, -0.2) is 69.9 Å². The van der Waals surface area contributed by atoms with E-state index in [9.17, 15) is 15.1 Å². The molecule has 8 heteroatoms. The number of carboxylic acid groups (broad SMARTS) is 1. The van der Waals surface area contributed by atoms with E-state index in [0.717, 1.165) is 24.1 Å². The van der Waals surface area contributed by atoms with Crippen molar-refractivity contribution in [2.45, 2.75) is 64.1 Å². The molecular weight excluding hydrogens is 437 g/mol. The van der Waals surface area contributed by atoms with Crippen LogP contribution in [0.4, 0.5) is 5.69 Å². The Labute approximate surface area is 196 Å². The molecule has 1 atom stereocenters. The van der Waals surface area contributed by atoms with E-state index in [1.807, 2.05) is 52.0 Å². The molecule has 0 aliphatic carbocycles. The molecule has 0 amide bonds. The molecule has 3 N–H and O–H groups in total. The highest BCUT2D eigenvalue weighted by Crippen LogP contribution is 2.39. The SMILES string of the molecule is CC1(C)CC(CNC(Cc2ccc(N(CCCl)CCCl)cc2)C(=O)O)CC(C)(C)N1O. The molecule has 0 aromatic heterocycles. The lowest BCUT2D eigenvalue weighted by Crippen LogP contribution is -2.60. The van der Waals surface area contributed by atoms with Gasteiger partial charge in [-0.05, 0) is 77.1 Å². The van der Waals surface area contributed by atoms with Crippen LogP contribution in [-0.2, 0) is 11.2 Å². The smallest absolute Gasteiger partial charge is 0.321 e. The van der Waals surface area contributed by atoms with Gasteiger partial charge in [0.2, 0.25) is 0 Å². The standard InChI is InChI=1S/C23H37Cl2N3O3/c1-22(2)14-18(15-23(3,4)28(22)31)16-26-20(21(29)30)13-17-5-7-19(8-6-17)27(11-9-24)12-10-25/h5-8,18,20,26,31H,9-16H2,1-4H3,(H,29,30). The zero-order chi connectivity index (χ0) is 23.2. The molecule has 2 rings (SSSR count). The van der Waals surface area contributed by atoms with Crippen LogP contribution in [0.2, 0.25) is 0 Å². The van der Waals surface area contributed by atoms with Crippen molar-refractivity contribution in [3.05, 3.63) is 29.8 Å². The van der Waals surface area contributed by atoms with E-state index >= 15 is 0 Å². The van der Waals surface area contributed by atoms with E-state index in [4.69, 9.17) is 23.2 Å². The maximum absolute atomic E-state index is 11.9. The van der Waals surface area contributed by atoms with Gasteiger partial charge in [-0.3, -0.25) is 4.79 Å². The minimum Gasteiger partial charge on any atom is -0.480 e. The lowest BCUT2D eigenvalue weighted by Gasteiger charge is -2.51. The van der Waals surface area contributed by atoms with Crippen molar-refractivity contribution in [2.24, 2.45) is 5.92 Å². The first-order chi connectivity index (χ1) is 14.5. The van der Waals surface area contributed by atoms with Gasteiger partial charge < -0.3 is 20.5 Å². The third-order valence-electron chi connectivity index (χ3n) is 6.12. The van der Waals surface area contributed by atoms with Gasteiger partial charge in [0.25, 0.3) is 0 Å². The molecule has 0 radical (unpaired) electrons. The Kier molecular flexibility index (Phi) is 9.46. The molecule has 31 heavy (non-hydrogen) atoms. The van der Waals surface area contributed by atoms with Crippen molar-refractivity contribution >= 4 is 34.9 Å². The molecule has 1 heterocycles. The van der Waals surface area contributed by atoms with E-state index in [-0.39, 0.29) is 17.0 Å². The van der Waals surface area contributed by atoms with E-state index < -0.39 is 12.0 Å². The summed E-state index contributed by atoms with van der Waals surface area (Å²) in [7, 11) is 0. The van der Waals surface area contributed by atoms with Crippen LogP contribution < -0.4 is 10.2 Å². The summed E-state index contributed by atoms with van der Waals surface area (Å²) >= 11 is 11.8. The fraction of sp³-hybridized carbons (Fsp3) is 0.696. The molecule has 1 aliphatic rings. The lowest BCUT2D eigenvalue weighted by molar-refractivity contribution is -0.250. The van der Waals surface area contributed by atoms with Crippen molar-refractivity contribution in [3.8, 4) is 0 Å². The highest BCUT2D eigenvalue weighted by Gasteiger charge is 2.44. The number of benzene rings is 1. The molecule has 1 fully saturated rings. The van der Waals surface area contributed by atoms with Gasteiger partial charge in [0.15, 0.2) is 0 Å². The van der Waals surface area contributed by atoms with Gasteiger partial charge in [-0.15, -0.1) is 23.2 Å². The summed E-state index contributed by atoms with van der Waals surface area (Å²) in [6.45, 7) is 10.1. The maximum Gasteiger partial charge on any atom is 0.321 e. The number of aliphatic carboxylic acids is 1. The van der Waals surface area contributed by atoms with Gasteiger partial charge in [0, 0.05) is 41.6 Å². The summed E-state index contributed by atoms with van der Waals surface area (Å²) in [6.07, 6.45) is 2.02. The number of piperidine rings is 1. The third-order valence-corrected chi connectivity index (χ3v) is 6.46. The van der Waals surface area contributed by atoms with E-state index in [1.165, 1.54) is 5.06 Å². The minimum atomic E-state index is -0.854. The quantitative estimate of drug-likeness (QED) is 0.417. The predicted molar refractivity (Wildman–Crippen MR) is 128 cm³/mol. The number of rotatable bonds is 11. The Balaban J connectivity index is 2.00. The normalized spacial score (nSPS) is 19.8. The summed E-state index contributed by atoms with van der Waals surface area (Å²) in [6, 6.07) is 7.27. The largest absolute Gasteiger partial charge is 0.480 e. The van der Waals surface area contributed by atoms with Crippen molar-refractivity contribution in [2.75, 3.05) is 36.3 Å². The lowest BCUT2D eigenvalue weighted by atomic mass is 9.75. The predicted octanol–water partition coefficient (Wildman–Crippen LogP) is 4.21. The molecule has 1 aliphatic heterocycles. The second kappa shape index (κ2) is 11.2. The summed E-state index contributed by atoms with van der Waals surface area (Å²) < 4.78 is 0. The van der Waals surface area contributed by atoms with Crippen molar-refractivity contribution < 1.29 is 15.1 Å². The molecule has 1 saturated heterocycles. The number of carbonyl (C=O) groups is 1. The van der Waals surface area contributed by atoms with Crippen LogP contribution in [0.5, 0.6) is 0 Å². The number of hydroxylamine groups is 2. The molecule has 0 spiro atoms. The zero-order valence-electron chi connectivity index (χ0n) is 19.1. The fourth-order valence-electron chi connectivity index (χ4n) is 4.83. The highest BCUT2D eigenvalue weighted by molar-refractivity contribution is 6.18. The van der Waals surface area contributed by atoms with Crippen LogP contribution in [0, 0.1) is 5.92 Å². The van der Waals surface area contributed by atoms with E-state index in [0.29, 0.717) is 37.8 Å². The first-order valence-corrected chi connectivity index (χ1v) is 12.0. The zero-order valence-corrected chi connectivity index (χ0v) is 20.6. The number of hydrogen-bond acceptors (Lipinski definition) is 5. The second-order valence-electron chi connectivity index (χ2n) is 9.75. The fourth-order valence-corrected chi connectivity index (χ4v) is 5.24. The Morgan fingerprint density at radius 3 is 2.10 bits per heavy atom. The Morgan fingerprint density at radius 2 is 1.65 bits per heavy atom. The maximum atomic E-state index is 11.9. The van der Waals surface area contributed by atoms with Gasteiger partial charge in [0.05, 0.1) is 0 Å². The van der Waals surface area contributed by atoms with Crippen LogP contribution in [0.15, 0.2) is 24.3 Å². The molecule has 176 valence electrons. The average molecular weight is 474 g/mol. The minimum absolute atomic E-state index is 0.289. The monoisotopic (exact) mass is 473 g/mol. The molecule has 1 aromatic rings. The first kappa shape index (κ1) is 26.2. The molecule has 0 saturated carbocycles. The van der Waals surface area contributed by atoms with Crippen molar-refractivity contribution in [1.29, 1.82) is 0 Å². The van der Waals surface area contributed by atoms with Crippen LogP contribution in [0.25, 0.3) is 0 Å². The molecule has 6 nitrogen and oxygen atoms in total. The number of hydrogen-bond donors (Lipinski definition) is 3. The highest BCUT2D eigenvalue weighted by atomic mass is 35.5. The van der Waals surface area contributed by atoms with Crippen LogP contribution in [0.3, 0.4) is 0 Å². The van der Waals surface area contributed by atoms with Gasteiger partial charge in [-0.25, -0.2) is 0 Å². The number of nitrogens with one attached hydrogen (secondary N) is 1. The van der Waals surface area contributed by atoms with E-state index in [2.05, 4.69) is 10.2 Å². The topological polar surface area (TPSA) is 76.0 Å². The molecule has 1 unspecified atom stereocenters. The Morgan fingerprint density at radius 1 is 1.13 bits per heavy atom. The average Bonchev–Trinajstić information content (AvgIpc) is 2.69. The molecular formula is C23H37Cl2N3O3. The number of alkyl halides is 2. The summed E-state index contributed by atoms with van der Waals surface area (Å²) in [5, 5.41) is 24.9. The van der Waals surface area contributed by atoms with Crippen molar-refractivity contribution in [1.82, 2.24) is 10.4 Å². The molecule has 1 aromatic carbocycles. The third kappa shape index (κ3) is 7.22. The number of halogens is 2. The van der Waals surface area contributed by atoms with E-state index in [1.54, 1.807) is 0 Å². The molecule has 0 bridgehead atoms. The van der Waals surface area contributed by atoms with Gasteiger partial charge >= 0.3 is 5.97 Å². The van der Waals surface area contributed by atoms with Crippen molar-refractivity contribution in [3.63, 3.8) is 0 Å². The summed E-state index contributed by atoms with van der Waals surface area (Å²) in [4.78, 5) is 14.0. The van der Waals surface area contributed by atoms with Gasteiger partial charge in [-0.1, -0.05) is 12.1 Å². The number of nitrogens with zero attached hydrogens (tertiary/aromatic N) is 2. The van der Waals surface area contributed by atoms with Crippen LogP contribution >= 0.6 is 23.2 Å². The van der Waals surface area contributed by atoms with Gasteiger partial charge in [0.1, 0.15) is 6.04 Å². The number of anilines is 1. The number of carboxylic acids is 1. The Bertz CT molecular complexity index is 689. The summed E-state index contributed by atoms with van der Waals surface area (Å²) in [5.41, 5.74) is 1.30. The summed E-state index contributed by atoms with van der Waals surface area (Å²) in [5.74, 6) is 0.476. The first-order valence-electron chi connectivity index (χ1n) is 10.9.